The van der Waals surface area contributed by atoms with E-state index in [9.17, 15) is 10.5 Å². The van der Waals surface area contributed by atoms with E-state index in [0.717, 1.165) is 125 Å². The maximum absolute atomic E-state index is 12.8. The topological polar surface area (TPSA) is 67.3 Å². The van der Waals surface area contributed by atoms with Crippen molar-refractivity contribution in [2.75, 3.05) is 0 Å². The number of aromatic nitrogens is 4. The summed E-state index contributed by atoms with van der Waals surface area (Å²) in [5, 5.41) is 38.5. The van der Waals surface area contributed by atoms with Crippen LogP contribution in [0.4, 0.5) is 0 Å². The molecule has 0 amide bonds. The minimum atomic E-state index is 0.368. The van der Waals surface area contributed by atoms with Gasteiger partial charge in [0.2, 0.25) is 0 Å². The Morgan fingerprint density at radius 2 is 0.706 bits per heavy atom. The number of fused-ring (bicyclic) bond motifs is 17. The van der Waals surface area contributed by atoms with Gasteiger partial charge < -0.3 is 18.3 Å². The number of para-hydroxylation sites is 6. The predicted octanol–water partition coefficient (Wildman–Crippen LogP) is 20.7. The molecule has 18 aromatic rings. The van der Waals surface area contributed by atoms with Gasteiger partial charge >= 0.3 is 0 Å². The maximum Gasteiger partial charge on any atom is 0.104 e. The van der Waals surface area contributed by atoms with Crippen LogP contribution < -0.4 is 0 Å². The van der Waals surface area contributed by atoms with Gasteiger partial charge in [-0.2, -0.15) is 10.5 Å². The molecule has 0 unspecified atom stereocenters. The monoisotopic (exact) mass is 1100 g/mol. The lowest BCUT2D eigenvalue weighted by atomic mass is 9.89. The largest absolute Gasteiger partial charge is 0.306 e. The fourth-order valence-corrected chi connectivity index (χ4v) is 15.6. The summed E-state index contributed by atoms with van der Waals surface area (Å²) in [5.41, 5.74) is 15.3. The lowest BCUT2D eigenvalue weighted by Gasteiger charge is -2.27. The Morgan fingerprint density at radius 1 is 0.282 bits per heavy atom. The highest BCUT2D eigenvalue weighted by Gasteiger charge is 2.35. The van der Waals surface area contributed by atoms with Crippen LogP contribution in [0.5, 0.6) is 0 Å². The fraction of sp³-hybridized carbons (Fsp3) is 0. The zero-order chi connectivity index (χ0) is 56.0. The summed E-state index contributed by atoms with van der Waals surface area (Å²) in [6.07, 6.45) is 0. The van der Waals surface area contributed by atoms with Gasteiger partial charge in [-0.3, -0.25) is 0 Å². The molecule has 0 atom stereocenters. The molecule has 5 heterocycles. The first kappa shape index (κ1) is 47.2. The zero-order valence-corrected chi connectivity index (χ0v) is 46.3. The molecule has 13 aromatic carbocycles. The second-order valence-corrected chi connectivity index (χ2v) is 23.1. The number of hydrogen-bond acceptors (Lipinski definition) is 3. The van der Waals surface area contributed by atoms with Crippen LogP contribution in [0.1, 0.15) is 11.1 Å². The average Bonchev–Trinajstić information content (AvgIpc) is 1.78. The molecule has 18 rings (SSSR count). The van der Waals surface area contributed by atoms with Gasteiger partial charge in [-0.05, 0) is 87.6 Å². The van der Waals surface area contributed by atoms with Gasteiger partial charge in [0.05, 0.1) is 71.6 Å². The molecule has 0 aliphatic heterocycles. The molecule has 0 aliphatic rings. The molecule has 0 radical (unpaired) electrons. The Kier molecular flexibility index (Phi) is 10.00. The van der Waals surface area contributed by atoms with E-state index >= 15 is 0 Å². The number of hydrogen-bond donors (Lipinski definition) is 0. The second-order valence-electron chi connectivity index (χ2n) is 22.1. The van der Waals surface area contributed by atoms with Crippen molar-refractivity contribution in [1.82, 2.24) is 18.3 Å². The minimum Gasteiger partial charge on any atom is -0.306 e. The van der Waals surface area contributed by atoms with E-state index in [2.05, 4.69) is 297 Å². The van der Waals surface area contributed by atoms with Crippen molar-refractivity contribution in [3.63, 3.8) is 0 Å². The number of nitrogens with zero attached hydrogens (tertiary/aromatic N) is 6. The smallest absolute Gasteiger partial charge is 0.104 e. The van der Waals surface area contributed by atoms with Gasteiger partial charge in [-0.15, -0.1) is 11.3 Å². The average molecular weight is 1100 g/mol. The van der Waals surface area contributed by atoms with Gasteiger partial charge in [0.1, 0.15) is 23.3 Å². The Morgan fingerprint density at radius 3 is 1.22 bits per heavy atom. The third kappa shape index (κ3) is 6.50. The van der Waals surface area contributed by atoms with E-state index in [0.29, 0.717) is 33.9 Å². The summed E-state index contributed by atoms with van der Waals surface area (Å²) in [6.45, 7) is 0. The van der Waals surface area contributed by atoms with E-state index in [1.807, 2.05) is 0 Å². The van der Waals surface area contributed by atoms with Gasteiger partial charge in [-0.1, -0.05) is 212 Å². The van der Waals surface area contributed by atoms with Crippen LogP contribution in [0.25, 0.3) is 163 Å². The van der Waals surface area contributed by atoms with Crippen molar-refractivity contribution in [3.8, 4) is 57.1 Å². The molecule has 0 aliphatic carbocycles. The SMILES string of the molecule is N#Cc1c(-n2c3ccccc3c3ccccc32)c(C#N)c(-n2c3ccccc3c3ccccc32)c(-n2c3ccc(-c4c(-c5ccccc5)ccc5ccccc45)cc3c3ccc4c5ccccc5sc4c32)c1-n1c2ccccc2c2ccccc21. The minimum absolute atomic E-state index is 0.368. The summed E-state index contributed by atoms with van der Waals surface area (Å²) in [5.74, 6) is 0. The van der Waals surface area contributed by atoms with E-state index in [4.69, 9.17) is 0 Å². The molecule has 85 heavy (non-hydrogen) atoms. The standard InChI is InChI=1S/C78H44N6S/c79-45-62-73(81-64-31-13-6-24-52(64)53-25-7-14-32-65(53)81)63(46-80)75(83-68-35-17-10-28-56(68)57-29-11-18-36-69(57)83)77(74(62)82-66-33-15-8-26-54(66)55-27-9-16-34-67(55)82)84-70-43-39-49(72-50-23-5-4-22-48(50)38-40-51(72)47-20-2-1-3-21-47)44-61(70)59-41-42-60-58-30-12-19-37-71(58)85-78(60)76(59)84/h1-44H. The molecule has 0 saturated heterocycles. The van der Waals surface area contributed by atoms with Gasteiger partial charge in [-0.25, -0.2) is 0 Å². The Hall–Kier alpha value is -11.5. The van der Waals surface area contributed by atoms with Crippen LogP contribution in [0.2, 0.25) is 0 Å². The molecule has 0 N–H and O–H groups in total. The molecule has 5 aromatic heterocycles. The molecule has 0 saturated carbocycles. The normalized spacial score (nSPS) is 12.0. The third-order valence-electron chi connectivity index (χ3n) is 17.8. The van der Waals surface area contributed by atoms with Crippen molar-refractivity contribution in [2.24, 2.45) is 0 Å². The lowest BCUT2D eigenvalue weighted by molar-refractivity contribution is 1.02. The zero-order valence-electron chi connectivity index (χ0n) is 45.5. The highest BCUT2D eigenvalue weighted by molar-refractivity contribution is 7.26. The van der Waals surface area contributed by atoms with Crippen molar-refractivity contribution < 1.29 is 0 Å². The summed E-state index contributed by atoms with van der Waals surface area (Å²) in [7, 11) is 0. The molecule has 0 bridgehead atoms. The van der Waals surface area contributed by atoms with Gasteiger partial charge in [0.25, 0.3) is 0 Å². The van der Waals surface area contributed by atoms with Crippen molar-refractivity contribution in [3.05, 3.63) is 278 Å². The molecular formula is C78H44N6S. The highest BCUT2D eigenvalue weighted by atomic mass is 32.1. The molecule has 392 valence electrons. The van der Waals surface area contributed by atoms with E-state index < -0.39 is 0 Å². The number of benzene rings is 13. The van der Waals surface area contributed by atoms with E-state index in [-0.39, 0.29) is 0 Å². The molecule has 0 fully saturated rings. The predicted molar refractivity (Wildman–Crippen MR) is 354 cm³/mol. The number of nitriles is 2. The van der Waals surface area contributed by atoms with Gasteiger partial charge in [0.15, 0.2) is 0 Å². The van der Waals surface area contributed by atoms with Crippen LogP contribution in [0, 0.1) is 22.7 Å². The Labute approximate surface area is 490 Å². The van der Waals surface area contributed by atoms with E-state index in [1.165, 1.54) is 15.5 Å². The van der Waals surface area contributed by atoms with Crippen LogP contribution in [-0.2, 0) is 0 Å². The molecule has 0 spiro atoms. The summed E-state index contributed by atoms with van der Waals surface area (Å²) < 4.78 is 11.6. The molecular weight excluding hydrogens is 1050 g/mol. The van der Waals surface area contributed by atoms with Crippen LogP contribution >= 0.6 is 11.3 Å². The second kappa shape index (κ2) is 18.0. The highest BCUT2D eigenvalue weighted by Crippen LogP contribution is 2.52. The third-order valence-corrected chi connectivity index (χ3v) is 19.0. The van der Waals surface area contributed by atoms with E-state index in [1.54, 1.807) is 11.3 Å². The maximum atomic E-state index is 12.8. The Balaban J connectivity index is 1.13. The summed E-state index contributed by atoms with van der Waals surface area (Å²) in [6, 6.07) is 101. The van der Waals surface area contributed by atoms with Crippen LogP contribution in [0.15, 0.2) is 267 Å². The first-order valence-corrected chi connectivity index (χ1v) is 29.4. The number of rotatable bonds is 6. The summed E-state index contributed by atoms with van der Waals surface area (Å²) >= 11 is 1.79. The van der Waals surface area contributed by atoms with Crippen molar-refractivity contribution >= 4 is 130 Å². The Bertz CT molecular complexity index is 5700. The van der Waals surface area contributed by atoms with Crippen molar-refractivity contribution in [2.45, 2.75) is 0 Å². The first-order valence-electron chi connectivity index (χ1n) is 28.6. The van der Waals surface area contributed by atoms with Gasteiger partial charge in [0, 0.05) is 58.6 Å². The van der Waals surface area contributed by atoms with Crippen LogP contribution in [0.3, 0.4) is 0 Å². The quantitative estimate of drug-likeness (QED) is 0.166. The van der Waals surface area contributed by atoms with Crippen molar-refractivity contribution in [1.29, 1.82) is 10.5 Å². The first-order chi connectivity index (χ1) is 42.2. The summed E-state index contributed by atoms with van der Waals surface area (Å²) in [4.78, 5) is 0. The molecule has 6 nitrogen and oxygen atoms in total. The number of thiophene rings is 1. The van der Waals surface area contributed by atoms with Crippen LogP contribution in [-0.4, -0.2) is 18.3 Å². The fourth-order valence-electron chi connectivity index (χ4n) is 14.4. The lowest BCUT2D eigenvalue weighted by Crippen LogP contribution is -2.17. The molecule has 7 heteroatoms.